The Morgan fingerprint density at radius 2 is 2.16 bits per heavy atom. The summed E-state index contributed by atoms with van der Waals surface area (Å²) in [5.74, 6) is -1.23. The first kappa shape index (κ1) is 15.6. The summed E-state index contributed by atoms with van der Waals surface area (Å²) >= 11 is 0. The van der Waals surface area contributed by atoms with E-state index in [2.05, 4.69) is 10.1 Å². The van der Waals surface area contributed by atoms with Crippen molar-refractivity contribution in [3.8, 4) is 0 Å². The molecule has 0 saturated heterocycles. The van der Waals surface area contributed by atoms with Crippen molar-refractivity contribution in [2.24, 2.45) is 0 Å². The molecule has 1 aromatic rings. The number of hydrogen-bond acceptors (Lipinski definition) is 4. The Morgan fingerprint density at radius 3 is 2.74 bits per heavy atom. The topological polar surface area (TPSA) is 47.6 Å². The Kier molecular flexibility index (Phi) is 6.45. The summed E-state index contributed by atoms with van der Waals surface area (Å²) in [5.41, 5.74) is 0.726. The Balaban J connectivity index is 2.43. The lowest BCUT2D eigenvalue weighted by Crippen LogP contribution is -2.21. The minimum Gasteiger partial charge on any atom is -0.465 e. The lowest BCUT2D eigenvalue weighted by atomic mass is 10.1. The van der Waals surface area contributed by atoms with E-state index in [-0.39, 0.29) is 11.7 Å². The predicted molar refractivity (Wildman–Crippen MR) is 70.5 cm³/mol. The molecule has 0 bridgehead atoms. The average molecular weight is 269 g/mol. The lowest BCUT2D eigenvalue weighted by Gasteiger charge is -2.09. The summed E-state index contributed by atoms with van der Waals surface area (Å²) in [4.78, 5) is 11.2. The number of methoxy groups -OCH3 is 1. The van der Waals surface area contributed by atoms with Gasteiger partial charge in [-0.3, -0.25) is 0 Å². The van der Waals surface area contributed by atoms with Crippen LogP contribution < -0.4 is 5.32 Å². The van der Waals surface area contributed by atoms with Crippen LogP contribution in [0.2, 0.25) is 0 Å². The summed E-state index contributed by atoms with van der Waals surface area (Å²) in [7, 11) is 1.23. The van der Waals surface area contributed by atoms with Gasteiger partial charge >= 0.3 is 5.97 Å². The second kappa shape index (κ2) is 7.86. The van der Waals surface area contributed by atoms with Crippen molar-refractivity contribution in [3.05, 3.63) is 35.1 Å². The quantitative estimate of drug-likeness (QED) is 0.608. The van der Waals surface area contributed by atoms with Crippen LogP contribution in [-0.2, 0) is 16.0 Å². The number of halogens is 1. The molecule has 0 aliphatic heterocycles. The van der Waals surface area contributed by atoms with Gasteiger partial charge in [-0.2, -0.15) is 0 Å². The second-order valence-electron chi connectivity index (χ2n) is 4.40. The normalized spacial score (nSPS) is 10.8. The van der Waals surface area contributed by atoms with Gasteiger partial charge in [-0.1, -0.05) is 6.07 Å². The Labute approximate surface area is 112 Å². The van der Waals surface area contributed by atoms with Gasteiger partial charge in [0.1, 0.15) is 5.82 Å². The predicted octanol–water partition coefficient (Wildman–Crippen LogP) is 2.13. The van der Waals surface area contributed by atoms with Gasteiger partial charge in [0.15, 0.2) is 0 Å². The number of ether oxygens (including phenoxy) is 2. The Morgan fingerprint density at radius 1 is 1.42 bits per heavy atom. The number of nitrogens with one attached hydrogen (secondary N) is 1. The smallest absolute Gasteiger partial charge is 0.340 e. The number of carbonyl (C=O) groups excluding carboxylic acids is 1. The first-order valence-corrected chi connectivity index (χ1v) is 6.23. The van der Waals surface area contributed by atoms with Gasteiger partial charge in [0.2, 0.25) is 0 Å². The molecule has 0 amide bonds. The molecule has 0 aliphatic rings. The van der Waals surface area contributed by atoms with E-state index < -0.39 is 11.8 Å². The standard InChI is InChI=1S/C14H20FNO3/c1-10(2)19-7-6-16-9-11-4-5-12(13(15)8-11)14(17)18-3/h4-5,8,10,16H,6-7,9H2,1-3H3. The molecule has 1 aromatic carbocycles. The molecule has 0 aliphatic carbocycles. The fraction of sp³-hybridized carbons (Fsp3) is 0.500. The van der Waals surface area contributed by atoms with E-state index in [0.29, 0.717) is 19.7 Å². The van der Waals surface area contributed by atoms with Gasteiger partial charge in [-0.05, 0) is 31.5 Å². The summed E-state index contributed by atoms with van der Waals surface area (Å²) < 4.78 is 23.5. The average Bonchev–Trinajstić information content (AvgIpc) is 2.37. The van der Waals surface area contributed by atoms with Crippen molar-refractivity contribution in [2.75, 3.05) is 20.3 Å². The van der Waals surface area contributed by atoms with E-state index in [1.807, 2.05) is 13.8 Å². The van der Waals surface area contributed by atoms with Crippen molar-refractivity contribution >= 4 is 5.97 Å². The molecule has 0 saturated carbocycles. The van der Waals surface area contributed by atoms with E-state index >= 15 is 0 Å². The van der Waals surface area contributed by atoms with E-state index in [9.17, 15) is 9.18 Å². The van der Waals surface area contributed by atoms with Crippen molar-refractivity contribution in [2.45, 2.75) is 26.5 Å². The highest BCUT2D eigenvalue weighted by Gasteiger charge is 2.11. The van der Waals surface area contributed by atoms with Crippen LogP contribution in [0.25, 0.3) is 0 Å². The second-order valence-corrected chi connectivity index (χ2v) is 4.40. The minimum absolute atomic E-state index is 0.0469. The SMILES string of the molecule is COC(=O)c1ccc(CNCCOC(C)C)cc1F. The van der Waals surface area contributed by atoms with Crippen LogP contribution in [0.3, 0.4) is 0 Å². The zero-order valence-corrected chi connectivity index (χ0v) is 11.5. The van der Waals surface area contributed by atoms with E-state index in [1.165, 1.54) is 19.2 Å². The van der Waals surface area contributed by atoms with Crippen LogP contribution in [0.1, 0.15) is 29.8 Å². The van der Waals surface area contributed by atoms with Crippen LogP contribution in [-0.4, -0.2) is 32.3 Å². The first-order chi connectivity index (χ1) is 9.04. The molecule has 0 heterocycles. The largest absolute Gasteiger partial charge is 0.465 e. The van der Waals surface area contributed by atoms with Crippen molar-refractivity contribution in [1.29, 1.82) is 0 Å². The number of esters is 1. The molecule has 0 spiro atoms. The van der Waals surface area contributed by atoms with Gasteiger partial charge in [0.25, 0.3) is 0 Å². The highest BCUT2D eigenvalue weighted by atomic mass is 19.1. The van der Waals surface area contributed by atoms with Crippen LogP contribution in [0.15, 0.2) is 18.2 Å². The molecule has 0 aromatic heterocycles. The van der Waals surface area contributed by atoms with Gasteiger partial charge in [0, 0.05) is 13.1 Å². The first-order valence-electron chi connectivity index (χ1n) is 6.23. The highest BCUT2D eigenvalue weighted by molar-refractivity contribution is 5.89. The van der Waals surface area contributed by atoms with Gasteiger partial charge in [-0.25, -0.2) is 9.18 Å². The molecule has 5 heteroatoms. The maximum atomic E-state index is 13.6. The van der Waals surface area contributed by atoms with E-state index in [4.69, 9.17) is 4.74 Å². The number of carbonyl (C=O) groups is 1. The third-order valence-corrected chi connectivity index (χ3v) is 2.50. The molecule has 106 valence electrons. The van der Waals surface area contributed by atoms with Crippen LogP contribution in [0.5, 0.6) is 0 Å². The fourth-order valence-electron chi connectivity index (χ4n) is 1.54. The molecule has 0 radical (unpaired) electrons. The maximum absolute atomic E-state index is 13.6. The molecule has 4 nitrogen and oxygen atoms in total. The van der Waals surface area contributed by atoms with Crippen molar-refractivity contribution < 1.29 is 18.7 Å². The number of rotatable bonds is 7. The van der Waals surface area contributed by atoms with Crippen molar-refractivity contribution in [3.63, 3.8) is 0 Å². The molecule has 19 heavy (non-hydrogen) atoms. The third-order valence-electron chi connectivity index (χ3n) is 2.50. The van der Waals surface area contributed by atoms with Crippen LogP contribution in [0.4, 0.5) is 4.39 Å². The summed E-state index contributed by atoms with van der Waals surface area (Å²) in [6.07, 6.45) is 0.207. The fourth-order valence-corrected chi connectivity index (χ4v) is 1.54. The van der Waals surface area contributed by atoms with Gasteiger partial charge < -0.3 is 14.8 Å². The zero-order chi connectivity index (χ0) is 14.3. The van der Waals surface area contributed by atoms with E-state index in [1.54, 1.807) is 6.07 Å². The van der Waals surface area contributed by atoms with E-state index in [0.717, 1.165) is 5.56 Å². The number of hydrogen-bond donors (Lipinski definition) is 1. The summed E-state index contributed by atoms with van der Waals surface area (Å²) in [5, 5.41) is 3.14. The molecule has 0 atom stereocenters. The van der Waals surface area contributed by atoms with Crippen LogP contribution >= 0.6 is 0 Å². The monoisotopic (exact) mass is 269 g/mol. The third kappa shape index (κ3) is 5.36. The minimum atomic E-state index is -0.664. The van der Waals surface area contributed by atoms with Gasteiger partial charge in [-0.15, -0.1) is 0 Å². The molecule has 1 rings (SSSR count). The van der Waals surface area contributed by atoms with Crippen molar-refractivity contribution in [1.82, 2.24) is 5.32 Å². The molecular weight excluding hydrogens is 249 g/mol. The maximum Gasteiger partial charge on any atom is 0.340 e. The number of benzene rings is 1. The van der Waals surface area contributed by atoms with Crippen LogP contribution in [0, 0.1) is 5.82 Å². The zero-order valence-electron chi connectivity index (χ0n) is 11.5. The summed E-state index contributed by atoms with van der Waals surface area (Å²) in [6, 6.07) is 4.47. The molecule has 0 unspecified atom stereocenters. The summed E-state index contributed by atoms with van der Waals surface area (Å²) in [6.45, 7) is 5.78. The molecule has 1 N–H and O–H groups in total. The lowest BCUT2D eigenvalue weighted by molar-refractivity contribution is 0.0595. The molecular formula is C14H20FNO3. The Hall–Kier alpha value is -1.46. The Bertz CT molecular complexity index is 421. The highest BCUT2D eigenvalue weighted by Crippen LogP contribution is 2.11. The molecule has 0 fully saturated rings. The van der Waals surface area contributed by atoms with Gasteiger partial charge in [0.05, 0.1) is 25.4 Å².